The summed E-state index contributed by atoms with van der Waals surface area (Å²) < 4.78 is 14.7. The van der Waals surface area contributed by atoms with Crippen LogP contribution in [0.3, 0.4) is 0 Å². The third kappa shape index (κ3) is 2.92. The fourth-order valence-corrected chi connectivity index (χ4v) is 4.33. The summed E-state index contributed by atoms with van der Waals surface area (Å²) in [6.45, 7) is 2.14. The first-order valence-corrected chi connectivity index (χ1v) is 9.40. The molecular formula is C21H20FN5O. The van der Waals surface area contributed by atoms with Crippen LogP contribution in [-0.4, -0.2) is 43.0 Å². The monoisotopic (exact) mass is 377 g/mol. The van der Waals surface area contributed by atoms with Crippen LogP contribution in [0, 0.1) is 0 Å². The van der Waals surface area contributed by atoms with Gasteiger partial charge >= 0.3 is 0 Å². The van der Waals surface area contributed by atoms with E-state index in [0.717, 1.165) is 29.2 Å². The van der Waals surface area contributed by atoms with Crippen LogP contribution < -0.4 is 5.32 Å². The molecule has 2 bridgehead atoms. The summed E-state index contributed by atoms with van der Waals surface area (Å²) in [7, 11) is 0. The number of halogens is 1. The summed E-state index contributed by atoms with van der Waals surface area (Å²) in [5.41, 5.74) is 1.73. The molecule has 0 radical (unpaired) electrons. The molecule has 6 nitrogen and oxygen atoms in total. The number of phenolic OH excluding ortho intramolecular Hbond substituents is 1. The molecule has 7 heteroatoms. The van der Waals surface area contributed by atoms with E-state index in [1.165, 1.54) is 0 Å². The van der Waals surface area contributed by atoms with E-state index >= 15 is 0 Å². The van der Waals surface area contributed by atoms with Crippen molar-refractivity contribution in [2.24, 2.45) is 0 Å². The number of hydrogen-bond acceptors (Lipinski definition) is 6. The van der Waals surface area contributed by atoms with Gasteiger partial charge in [-0.25, -0.2) is 9.37 Å². The van der Waals surface area contributed by atoms with Crippen molar-refractivity contribution in [1.29, 1.82) is 0 Å². The van der Waals surface area contributed by atoms with Crippen molar-refractivity contribution in [2.45, 2.75) is 43.9 Å². The fourth-order valence-electron chi connectivity index (χ4n) is 4.33. The highest BCUT2D eigenvalue weighted by atomic mass is 19.1. The van der Waals surface area contributed by atoms with Crippen molar-refractivity contribution in [1.82, 2.24) is 25.5 Å². The molecule has 4 heterocycles. The van der Waals surface area contributed by atoms with Gasteiger partial charge < -0.3 is 10.4 Å². The zero-order valence-corrected chi connectivity index (χ0v) is 15.4. The SMILES string of the molecule is C[C@@]12CCC(N1)[C@@H](F)/C(=C\c1cnc(-c3cc4ccncc4cc3O)nn1)C2. The van der Waals surface area contributed by atoms with Gasteiger partial charge in [-0.05, 0) is 61.4 Å². The molecule has 3 aromatic rings. The van der Waals surface area contributed by atoms with Crippen LogP contribution in [0.15, 0.2) is 42.4 Å². The van der Waals surface area contributed by atoms with Crippen molar-refractivity contribution >= 4 is 16.8 Å². The number of pyridine rings is 1. The lowest BCUT2D eigenvalue weighted by atomic mass is 9.87. The second-order valence-corrected chi connectivity index (χ2v) is 7.95. The van der Waals surface area contributed by atoms with Gasteiger partial charge in [-0.1, -0.05) is 0 Å². The number of aromatic hydroxyl groups is 1. The highest BCUT2D eigenvalue weighted by Gasteiger charge is 2.45. The summed E-state index contributed by atoms with van der Waals surface area (Å²) in [6.07, 6.45) is 8.21. The molecule has 2 N–H and O–H groups in total. The van der Waals surface area contributed by atoms with Gasteiger partial charge in [-0.2, -0.15) is 0 Å². The molecule has 0 aliphatic carbocycles. The average Bonchev–Trinajstić information content (AvgIpc) is 3.04. The van der Waals surface area contributed by atoms with Crippen molar-refractivity contribution in [2.75, 3.05) is 0 Å². The standard InChI is InChI=1S/C21H20FN5O/c1-21-4-2-17(25-21)19(22)13(9-21)6-15-11-24-20(27-26-15)16-7-12-3-5-23-10-14(12)8-18(16)28/h3,5-8,10-11,17,19,25,28H,2,4,9H2,1H3/b13-6-/t17?,19-,21-/m0/s1. The Labute approximate surface area is 161 Å². The summed E-state index contributed by atoms with van der Waals surface area (Å²) in [4.78, 5) is 8.40. The van der Waals surface area contributed by atoms with Gasteiger partial charge in [-0.3, -0.25) is 4.98 Å². The minimum absolute atomic E-state index is 0.0361. The number of rotatable bonds is 2. The van der Waals surface area contributed by atoms with Crippen LogP contribution in [-0.2, 0) is 0 Å². The lowest BCUT2D eigenvalue weighted by molar-refractivity contribution is 0.234. The number of nitrogens with one attached hydrogen (secondary N) is 1. The minimum atomic E-state index is -1.00. The van der Waals surface area contributed by atoms with Crippen LogP contribution in [0.25, 0.3) is 28.2 Å². The Hall–Kier alpha value is -2.93. The summed E-state index contributed by atoms with van der Waals surface area (Å²) in [6, 6.07) is 5.19. The molecule has 5 rings (SSSR count). The highest BCUT2D eigenvalue weighted by molar-refractivity contribution is 5.88. The first-order valence-electron chi connectivity index (χ1n) is 9.40. The number of phenols is 1. The Morgan fingerprint density at radius 2 is 2.14 bits per heavy atom. The molecule has 0 spiro atoms. The Morgan fingerprint density at radius 1 is 1.25 bits per heavy atom. The van der Waals surface area contributed by atoms with Crippen LogP contribution in [0.5, 0.6) is 5.75 Å². The van der Waals surface area contributed by atoms with E-state index in [0.29, 0.717) is 23.5 Å². The number of piperidine rings is 1. The summed E-state index contributed by atoms with van der Waals surface area (Å²) in [5.74, 6) is 0.396. The van der Waals surface area contributed by atoms with E-state index in [1.807, 2.05) is 12.1 Å². The van der Waals surface area contributed by atoms with E-state index in [4.69, 9.17) is 0 Å². The molecule has 2 saturated heterocycles. The van der Waals surface area contributed by atoms with Crippen molar-refractivity contribution in [3.05, 3.63) is 48.1 Å². The van der Waals surface area contributed by atoms with E-state index in [1.54, 1.807) is 30.7 Å². The molecule has 2 aromatic heterocycles. The van der Waals surface area contributed by atoms with Gasteiger partial charge in [0.1, 0.15) is 17.6 Å². The first kappa shape index (κ1) is 17.2. The van der Waals surface area contributed by atoms with E-state index in [9.17, 15) is 9.50 Å². The molecule has 1 aromatic carbocycles. The number of alkyl halides is 1. The smallest absolute Gasteiger partial charge is 0.185 e. The zero-order chi connectivity index (χ0) is 19.3. The van der Waals surface area contributed by atoms with Gasteiger partial charge in [0.25, 0.3) is 0 Å². The topological polar surface area (TPSA) is 83.8 Å². The highest BCUT2D eigenvalue weighted by Crippen LogP contribution is 2.40. The number of fused-ring (bicyclic) bond motifs is 3. The minimum Gasteiger partial charge on any atom is -0.507 e. The van der Waals surface area contributed by atoms with Crippen molar-refractivity contribution < 1.29 is 9.50 Å². The maximum Gasteiger partial charge on any atom is 0.185 e. The van der Waals surface area contributed by atoms with Crippen LogP contribution >= 0.6 is 0 Å². The van der Waals surface area contributed by atoms with Gasteiger partial charge in [0.05, 0.1) is 11.8 Å². The summed E-state index contributed by atoms with van der Waals surface area (Å²) >= 11 is 0. The van der Waals surface area contributed by atoms with Crippen molar-refractivity contribution in [3.63, 3.8) is 0 Å². The normalized spacial score (nSPS) is 28.1. The number of benzene rings is 1. The molecule has 2 fully saturated rings. The Kier molecular flexibility index (Phi) is 3.87. The quantitative estimate of drug-likeness (QED) is 0.712. The van der Waals surface area contributed by atoms with Gasteiger partial charge in [0.15, 0.2) is 5.82 Å². The molecule has 3 atom stereocenters. The molecule has 0 amide bonds. The molecule has 28 heavy (non-hydrogen) atoms. The summed E-state index contributed by atoms with van der Waals surface area (Å²) in [5, 5.41) is 23.8. The van der Waals surface area contributed by atoms with Gasteiger partial charge in [-0.15, -0.1) is 10.2 Å². The second kappa shape index (κ2) is 6.31. The Morgan fingerprint density at radius 3 is 2.96 bits per heavy atom. The molecule has 142 valence electrons. The molecule has 0 saturated carbocycles. The molecular weight excluding hydrogens is 357 g/mol. The lowest BCUT2D eigenvalue weighted by Gasteiger charge is -2.35. The largest absolute Gasteiger partial charge is 0.507 e. The van der Waals surface area contributed by atoms with Crippen LogP contribution in [0.1, 0.15) is 31.9 Å². The maximum atomic E-state index is 14.7. The average molecular weight is 377 g/mol. The number of aromatic nitrogens is 4. The predicted octanol–water partition coefficient (Wildman–Crippen LogP) is 3.43. The number of nitrogens with zero attached hydrogens (tertiary/aromatic N) is 4. The number of hydrogen-bond donors (Lipinski definition) is 2. The molecule has 2 aliphatic heterocycles. The van der Waals surface area contributed by atoms with E-state index in [2.05, 4.69) is 32.4 Å². The zero-order valence-electron chi connectivity index (χ0n) is 15.4. The van der Waals surface area contributed by atoms with Gasteiger partial charge in [0.2, 0.25) is 0 Å². The fraction of sp³-hybridized carbons (Fsp3) is 0.333. The maximum absolute atomic E-state index is 14.7. The third-order valence-corrected chi connectivity index (χ3v) is 5.75. The lowest BCUT2D eigenvalue weighted by Crippen LogP contribution is -2.50. The second-order valence-electron chi connectivity index (χ2n) is 7.95. The van der Waals surface area contributed by atoms with Crippen molar-refractivity contribution in [3.8, 4) is 17.1 Å². The first-order chi connectivity index (χ1) is 13.5. The predicted molar refractivity (Wildman–Crippen MR) is 104 cm³/mol. The Balaban J connectivity index is 1.46. The third-order valence-electron chi connectivity index (χ3n) is 5.75. The van der Waals surface area contributed by atoms with E-state index in [-0.39, 0.29) is 17.3 Å². The van der Waals surface area contributed by atoms with Gasteiger partial charge in [0, 0.05) is 29.4 Å². The molecule has 2 aliphatic rings. The van der Waals surface area contributed by atoms with Crippen LogP contribution in [0.2, 0.25) is 0 Å². The van der Waals surface area contributed by atoms with E-state index < -0.39 is 6.17 Å². The van der Waals surface area contributed by atoms with Crippen LogP contribution in [0.4, 0.5) is 4.39 Å². The molecule has 1 unspecified atom stereocenters. The Bertz CT molecular complexity index is 1080.